The van der Waals surface area contributed by atoms with Crippen LogP contribution in [0.5, 0.6) is 46.0 Å². The first-order valence-corrected chi connectivity index (χ1v) is 48.8. The van der Waals surface area contributed by atoms with Crippen LogP contribution in [-0.2, 0) is 90.7 Å². The highest BCUT2D eigenvalue weighted by Gasteiger charge is 2.44. The van der Waals surface area contributed by atoms with E-state index in [1.54, 1.807) is 0 Å². The number of carbonyl (C=O) groups excluding carboxylic acids is 8. The Morgan fingerprint density at radius 3 is 0.610 bits per heavy atom. The molecule has 4 atom stereocenters. The van der Waals surface area contributed by atoms with Crippen LogP contribution in [0.25, 0.3) is 0 Å². The lowest BCUT2D eigenvalue weighted by molar-refractivity contribution is -0.125. The molecule has 5 aliphatic rings. The van der Waals surface area contributed by atoms with E-state index in [-0.39, 0.29) is 52.6 Å². The summed E-state index contributed by atoms with van der Waals surface area (Å²) in [4.78, 5) is 118. The van der Waals surface area contributed by atoms with Crippen molar-refractivity contribution < 1.29 is 95.2 Å². The number of benzene rings is 8. The maximum absolute atomic E-state index is 15.5. The summed E-state index contributed by atoms with van der Waals surface area (Å²) >= 11 is 0. The molecule has 8 aromatic carbocycles. The third kappa shape index (κ3) is 25.2. The lowest BCUT2D eigenvalue weighted by Gasteiger charge is -2.38. The van der Waals surface area contributed by atoms with E-state index >= 15 is 19.2 Å². The van der Waals surface area contributed by atoms with Crippen molar-refractivity contribution in [3.8, 4) is 46.0 Å². The predicted molar refractivity (Wildman–Crippen MR) is 515 cm³/mol. The van der Waals surface area contributed by atoms with Crippen LogP contribution in [0.3, 0.4) is 0 Å². The van der Waals surface area contributed by atoms with E-state index in [4.69, 9.17) is 56.8 Å². The number of hydrogen-bond acceptors (Lipinski definition) is 20. The van der Waals surface area contributed by atoms with Crippen molar-refractivity contribution in [1.29, 1.82) is 0 Å². The summed E-state index contributed by atoms with van der Waals surface area (Å²) in [5.74, 6) is -3.51. The average Bonchev–Trinajstić information content (AvgIpc) is 0.717. The van der Waals surface area contributed by atoms with Crippen LogP contribution in [0.1, 0.15) is 299 Å². The zero-order valence-corrected chi connectivity index (χ0v) is 80.7. The normalized spacial score (nSPS) is 16.1. The van der Waals surface area contributed by atoms with Crippen LogP contribution >= 0.6 is 0 Å². The first-order chi connectivity index (χ1) is 66.0. The van der Waals surface area contributed by atoms with Gasteiger partial charge in [0.15, 0.2) is 0 Å². The number of rotatable bonds is 44. The zero-order valence-electron chi connectivity index (χ0n) is 80.7. The second kappa shape index (κ2) is 49.0. The van der Waals surface area contributed by atoms with Gasteiger partial charge in [0, 0.05) is 68.2 Å². The Kier molecular flexibility index (Phi) is 36.3. The van der Waals surface area contributed by atoms with Gasteiger partial charge in [0.25, 0.3) is 0 Å². The van der Waals surface area contributed by atoms with Gasteiger partial charge in [-0.15, -0.1) is 0 Å². The van der Waals surface area contributed by atoms with Gasteiger partial charge in [-0.1, -0.05) is 281 Å². The van der Waals surface area contributed by atoms with Crippen LogP contribution in [0, 0.1) is 23.7 Å². The maximum Gasteiger partial charge on any atom is 0.408 e. The Hall–Kier alpha value is -12.9. The van der Waals surface area contributed by atoms with Gasteiger partial charge in [-0.3, -0.25) is 19.2 Å². The van der Waals surface area contributed by atoms with Crippen molar-refractivity contribution in [2.24, 2.45) is 23.7 Å². The van der Waals surface area contributed by atoms with E-state index < -0.39 is 147 Å². The highest BCUT2D eigenvalue weighted by atomic mass is 16.7. The minimum Gasteiger partial charge on any atom is -0.457 e. The lowest BCUT2D eigenvalue weighted by atomic mass is 9.74. The number of amides is 8. The molecule has 4 heterocycles. The average molecular weight is 1870 g/mol. The molecule has 1 aliphatic carbocycles. The molecule has 0 fully saturated rings. The van der Waals surface area contributed by atoms with Crippen LogP contribution in [0.4, 0.5) is 19.2 Å². The minimum absolute atomic E-state index is 0.0352. The van der Waals surface area contributed by atoms with Gasteiger partial charge in [0.1, 0.15) is 96.6 Å². The van der Waals surface area contributed by atoms with Crippen molar-refractivity contribution in [2.75, 3.05) is 27.2 Å². The molecule has 0 spiro atoms. The van der Waals surface area contributed by atoms with E-state index in [9.17, 15) is 19.2 Å². The molecule has 136 heavy (non-hydrogen) atoms. The first-order valence-electron chi connectivity index (χ1n) is 48.8. The number of nitrogens with one attached hydrogen (secondary N) is 8. The third-order valence-electron chi connectivity index (χ3n) is 26.0. The molecule has 28 heteroatoms. The molecule has 0 saturated carbocycles. The summed E-state index contributed by atoms with van der Waals surface area (Å²) in [5.41, 5.74) is 10.7. The Labute approximate surface area is 799 Å². The van der Waals surface area contributed by atoms with Crippen molar-refractivity contribution in [1.82, 2.24) is 42.5 Å². The van der Waals surface area contributed by atoms with Crippen molar-refractivity contribution in [3.05, 3.63) is 235 Å². The number of carbonyl (C=O) groups is 8. The molecule has 4 aliphatic heterocycles. The molecule has 0 aromatic heterocycles. The van der Waals surface area contributed by atoms with Crippen LogP contribution in [0.15, 0.2) is 146 Å². The summed E-state index contributed by atoms with van der Waals surface area (Å²) in [6.45, 7) is 20.6. The van der Waals surface area contributed by atoms with Gasteiger partial charge in [-0.05, 0) is 95.9 Å². The first kappa shape index (κ1) is 101. The molecule has 0 unspecified atom stereocenters. The summed E-state index contributed by atoms with van der Waals surface area (Å²) in [7, 11) is 0. The molecule has 0 saturated heterocycles. The smallest absolute Gasteiger partial charge is 0.408 e. The van der Waals surface area contributed by atoms with Crippen molar-refractivity contribution in [2.45, 2.75) is 286 Å². The molecular formula is C108H136N8O20. The van der Waals surface area contributed by atoms with Crippen LogP contribution in [0.2, 0.25) is 0 Å². The maximum atomic E-state index is 15.5. The number of hydrogen-bond donors (Lipinski definition) is 8. The van der Waals surface area contributed by atoms with Gasteiger partial charge >= 0.3 is 24.4 Å². The molecule has 8 N–H and O–H groups in total. The zero-order chi connectivity index (χ0) is 96.3. The van der Waals surface area contributed by atoms with Crippen LogP contribution in [-0.4, -0.2) is 99.3 Å². The highest BCUT2D eigenvalue weighted by molar-refractivity contribution is 5.89. The molecule has 13 rings (SSSR count). The van der Waals surface area contributed by atoms with E-state index in [1.165, 1.54) is 0 Å². The van der Waals surface area contributed by atoms with Gasteiger partial charge in [-0.25, -0.2) is 19.2 Å². The molecule has 0 radical (unpaired) electrons. The van der Waals surface area contributed by atoms with E-state index in [0.29, 0.717) is 120 Å². The van der Waals surface area contributed by atoms with E-state index in [1.807, 2.05) is 177 Å². The fourth-order valence-corrected chi connectivity index (χ4v) is 18.8. The van der Waals surface area contributed by atoms with E-state index in [2.05, 4.69) is 94.5 Å². The standard InChI is InChI=1S/C108H136N8O20/c1-13-17-25-45-73-77-49-79-74(46-26-18-14-2)81-51-83-76(48-28-20-16-4)84-52-82-75(47-27-19-15-3)80-50-78(73)94-86(54-110-102(118)90(66(7)8)114-106(122)126-58-70-39-31-22-32-40-70)96(80)132-63-134-98(82)88(56-112-104(120)92(68(11)12)116-108(124)128-60-72-43-35-24-36-44-72)100(84)136-64-135-99(83)87(55-111-103(119)91(67(9)10)115-107(123)127-59-71-41-33-23-34-42-71)97(81)133-62-131-95(79)85(93(77)129-61-130-94)53-109-101(117)89(65(5)6)113-105(121)125-57-69-37-29-21-30-38-69/h21-24,29-44,49-52,65-68,73-76,89-92H,13-20,25-28,45-48,53-64H2,1-12H3,(H,109,117)(H,110,118)(H,111,119)(H,112,120)(H,113,121)(H,114,122)(H,115,123)(H,116,124)/t73?,74?,75?,76?,89-,90-,91-,92-/m0/s1. The minimum atomic E-state index is -1.10. The van der Waals surface area contributed by atoms with Crippen LogP contribution < -0.4 is 80.4 Å². The molecule has 8 amide bonds. The summed E-state index contributed by atoms with van der Waals surface area (Å²) < 4.78 is 81.5. The predicted octanol–water partition coefficient (Wildman–Crippen LogP) is 20.0. The second-order valence-corrected chi connectivity index (χ2v) is 37.2. The Morgan fingerprint density at radius 1 is 0.272 bits per heavy atom. The molecular weight excluding hydrogens is 1730 g/mol. The monoisotopic (exact) mass is 1860 g/mol. The molecule has 8 aromatic rings. The van der Waals surface area contributed by atoms with Gasteiger partial charge < -0.3 is 99.4 Å². The van der Waals surface area contributed by atoms with Gasteiger partial charge in [-0.2, -0.15) is 0 Å². The highest BCUT2D eigenvalue weighted by Crippen LogP contribution is 2.59. The molecule has 28 nitrogen and oxygen atoms in total. The number of alkyl carbamates (subject to hydrolysis) is 4. The van der Waals surface area contributed by atoms with Gasteiger partial charge in [0.05, 0.1) is 48.4 Å². The summed E-state index contributed by atoms with van der Waals surface area (Å²) in [6.07, 6.45) is 8.11. The Balaban J connectivity index is 1.08. The molecule has 728 valence electrons. The summed E-state index contributed by atoms with van der Waals surface area (Å²) in [6, 6.07) is 41.6. The fourth-order valence-electron chi connectivity index (χ4n) is 18.8. The summed E-state index contributed by atoms with van der Waals surface area (Å²) in [5, 5.41) is 24.6. The topological polar surface area (TPSA) is 344 Å². The second-order valence-electron chi connectivity index (χ2n) is 37.2. The Morgan fingerprint density at radius 2 is 0.449 bits per heavy atom. The quantitative estimate of drug-likeness (QED) is 0.0130. The van der Waals surface area contributed by atoms with Crippen molar-refractivity contribution >= 4 is 48.0 Å². The SMILES string of the molecule is CCCCCC1c2cc3c4c(CNC(=O)[C@@H](NC(=O)OCc5ccccc5)C(C)C)c2OCOc2c1cc1c(c2CNC(=O)[C@@H](NC(=O)OCc2ccccc2)C(C)C)OCOc2c(cc5c(c2CNC(=O)[C@@H](NC(=O)OCc2ccccc2)C(C)C)OCOc2c(cc(c(c2CNC(=O)[C@@H](NC(=O)OCc2ccccc2)C(C)C)OCO4)C3CCCCC)C5CCCCC)C1CCCCC. The molecule has 8 bridgehead atoms. The third-order valence-corrected chi connectivity index (χ3v) is 26.0. The number of unbranched alkanes of at least 4 members (excludes halogenated alkanes) is 8. The van der Waals surface area contributed by atoms with E-state index in [0.717, 1.165) is 118 Å². The largest absolute Gasteiger partial charge is 0.457 e. The van der Waals surface area contributed by atoms with Gasteiger partial charge in [0.2, 0.25) is 50.8 Å². The number of ether oxygens (including phenoxy) is 12. The Bertz CT molecular complexity index is 4620. The van der Waals surface area contributed by atoms with Crippen molar-refractivity contribution in [3.63, 3.8) is 0 Å². The lowest BCUT2D eigenvalue weighted by Crippen LogP contribution is -2.49. The fraction of sp³-hybridized carbons (Fsp3) is 0.481.